The first kappa shape index (κ1) is 14.6. The molecule has 0 saturated heterocycles. The number of hydrogen-bond acceptors (Lipinski definition) is 8. The van der Waals surface area contributed by atoms with Gasteiger partial charge in [0.05, 0.1) is 27.4 Å². The monoisotopic (exact) mass is 307 g/mol. The fourth-order valence-corrected chi connectivity index (χ4v) is 5.80. The van der Waals surface area contributed by atoms with Crippen LogP contribution in [0, 0.1) is 11.3 Å². The Kier molecular flexibility index (Phi) is 6.65. The molecular formula is C9H9NO3S4. The second-order valence-corrected chi connectivity index (χ2v) is 7.48. The van der Waals surface area contributed by atoms with E-state index in [9.17, 15) is 9.59 Å². The van der Waals surface area contributed by atoms with Gasteiger partial charge in [0, 0.05) is 12.2 Å². The molecule has 8 heteroatoms. The highest BCUT2D eigenvalue weighted by Gasteiger charge is 2.12. The second kappa shape index (κ2) is 7.76. The summed E-state index contributed by atoms with van der Waals surface area (Å²) < 4.78 is 6.28. The van der Waals surface area contributed by atoms with E-state index in [0.29, 0.717) is 12.2 Å². The van der Waals surface area contributed by atoms with Gasteiger partial charge < -0.3 is 4.74 Å². The number of esters is 1. The van der Waals surface area contributed by atoms with E-state index in [1.807, 2.05) is 0 Å². The Morgan fingerprint density at radius 2 is 2.06 bits per heavy atom. The van der Waals surface area contributed by atoms with Gasteiger partial charge in [-0.15, -0.1) is 23.5 Å². The summed E-state index contributed by atoms with van der Waals surface area (Å²) in [7, 11) is 1.33. The minimum Gasteiger partial charge on any atom is -0.468 e. The molecular weight excluding hydrogens is 298 g/mol. The summed E-state index contributed by atoms with van der Waals surface area (Å²) in [6.07, 6.45) is 0.447. The van der Waals surface area contributed by atoms with E-state index in [2.05, 4.69) is 10.8 Å². The first-order chi connectivity index (χ1) is 8.17. The first-order valence-corrected chi connectivity index (χ1v) is 8.11. The lowest BCUT2D eigenvalue weighted by Crippen LogP contribution is -2.02. The fourth-order valence-electron chi connectivity index (χ4n) is 0.805. The molecule has 0 amide bonds. The Balaban J connectivity index is 2.61. The Bertz CT molecular complexity index is 473. The molecule has 0 unspecified atom stereocenters. The number of methoxy groups -OCH3 is 1. The van der Waals surface area contributed by atoms with Crippen molar-refractivity contribution in [2.45, 2.75) is 14.8 Å². The molecule has 1 aromatic heterocycles. The van der Waals surface area contributed by atoms with Gasteiger partial charge in [0.1, 0.15) is 0 Å². The van der Waals surface area contributed by atoms with Crippen LogP contribution in [0.5, 0.6) is 0 Å². The SMILES string of the molecule is COC(=O)CSc1sc(=O)sc1SCCC#N. The van der Waals surface area contributed by atoms with Gasteiger partial charge in [0.25, 0.3) is 4.06 Å². The van der Waals surface area contributed by atoms with E-state index in [-0.39, 0.29) is 15.8 Å². The molecule has 0 spiro atoms. The summed E-state index contributed by atoms with van der Waals surface area (Å²) in [6.45, 7) is 0. The number of ether oxygens (including phenoxy) is 1. The maximum atomic E-state index is 11.3. The third kappa shape index (κ3) is 5.12. The van der Waals surface area contributed by atoms with Gasteiger partial charge in [-0.1, -0.05) is 22.7 Å². The number of nitriles is 1. The van der Waals surface area contributed by atoms with Crippen LogP contribution in [0.25, 0.3) is 0 Å². The molecule has 0 atom stereocenters. The van der Waals surface area contributed by atoms with Crippen LogP contribution in [0.2, 0.25) is 0 Å². The average Bonchev–Trinajstić information content (AvgIpc) is 2.67. The van der Waals surface area contributed by atoms with Crippen molar-refractivity contribution in [3.63, 3.8) is 0 Å². The van der Waals surface area contributed by atoms with E-state index in [4.69, 9.17) is 5.26 Å². The summed E-state index contributed by atoms with van der Waals surface area (Å²) in [5, 5.41) is 8.44. The van der Waals surface area contributed by atoms with Crippen LogP contribution < -0.4 is 4.06 Å². The van der Waals surface area contributed by atoms with Gasteiger partial charge in [0.15, 0.2) is 0 Å². The Morgan fingerprint density at radius 1 is 1.41 bits per heavy atom. The van der Waals surface area contributed by atoms with Crippen molar-refractivity contribution in [2.75, 3.05) is 18.6 Å². The Morgan fingerprint density at radius 3 is 2.65 bits per heavy atom. The van der Waals surface area contributed by atoms with E-state index < -0.39 is 0 Å². The molecule has 0 fully saturated rings. The lowest BCUT2D eigenvalue weighted by Gasteiger charge is -2.00. The number of rotatable bonds is 6. The van der Waals surface area contributed by atoms with E-state index in [1.165, 1.54) is 42.0 Å². The predicted octanol–water partition coefficient (Wildman–Crippen LogP) is 2.44. The number of nitrogens with zero attached hydrogens (tertiary/aromatic N) is 1. The van der Waals surface area contributed by atoms with Crippen LogP contribution in [-0.2, 0) is 9.53 Å². The molecule has 1 aromatic rings. The molecule has 0 aliphatic carbocycles. The summed E-state index contributed by atoms with van der Waals surface area (Å²) in [5.74, 6) is 0.554. The van der Waals surface area contributed by atoms with E-state index in [0.717, 1.165) is 19.8 Å². The smallest absolute Gasteiger partial charge is 0.316 e. The summed E-state index contributed by atoms with van der Waals surface area (Å²) in [5.41, 5.74) is 0. The maximum absolute atomic E-state index is 11.3. The highest BCUT2D eigenvalue weighted by atomic mass is 32.2. The highest BCUT2D eigenvalue weighted by Crippen LogP contribution is 2.36. The van der Waals surface area contributed by atoms with Crippen molar-refractivity contribution in [3.8, 4) is 6.07 Å². The molecule has 92 valence electrons. The van der Waals surface area contributed by atoms with Crippen LogP contribution >= 0.6 is 46.2 Å². The van der Waals surface area contributed by atoms with Crippen LogP contribution in [0.15, 0.2) is 13.2 Å². The minimum atomic E-state index is -0.311. The summed E-state index contributed by atoms with van der Waals surface area (Å²) in [4.78, 5) is 22.3. The molecule has 0 bridgehead atoms. The van der Waals surface area contributed by atoms with Gasteiger partial charge in [-0.05, 0) is 0 Å². The quantitative estimate of drug-likeness (QED) is 0.457. The average molecular weight is 307 g/mol. The third-order valence-corrected chi connectivity index (χ3v) is 6.57. The Labute approximate surface area is 115 Å². The molecule has 0 radical (unpaired) electrons. The van der Waals surface area contributed by atoms with Crippen molar-refractivity contribution in [2.24, 2.45) is 0 Å². The van der Waals surface area contributed by atoms with Crippen LogP contribution in [0.1, 0.15) is 6.42 Å². The molecule has 1 rings (SSSR count). The highest BCUT2D eigenvalue weighted by molar-refractivity contribution is 8.05. The minimum absolute atomic E-state index is 0.0109. The Hall–Kier alpha value is -0.490. The number of hydrogen-bond donors (Lipinski definition) is 0. The van der Waals surface area contributed by atoms with Gasteiger partial charge in [-0.25, -0.2) is 0 Å². The molecule has 0 aliphatic rings. The largest absolute Gasteiger partial charge is 0.468 e. The molecule has 4 nitrogen and oxygen atoms in total. The predicted molar refractivity (Wildman–Crippen MR) is 72.2 cm³/mol. The lowest BCUT2D eigenvalue weighted by atomic mass is 10.6. The zero-order valence-electron chi connectivity index (χ0n) is 8.93. The van der Waals surface area contributed by atoms with Crippen LogP contribution in [0.3, 0.4) is 0 Å². The fraction of sp³-hybridized carbons (Fsp3) is 0.444. The van der Waals surface area contributed by atoms with Crippen molar-refractivity contribution in [1.29, 1.82) is 5.26 Å². The third-order valence-electron chi connectivity index (χ3n) is 1.51. The topological polar surface area (TPSA) is 67.2 Å². The molecule has 0 saturated carbocycles. The molecule has 0 aliphatic heterocycles. The first-order valence-electron chi connectivity index (χ1n) is 4.50. The standard InChI is InChI=1S/C9H9NO3S4/c1-13-6(11)5-15-8-7(14-4-2-3-10)16-9(12)17-8/h2,4-5H2,1H3. The molecule has 0 N–H and O–H groups in total. The number of thioether (sulfide) groups is 2. The van der Waals surface area contributed by atoms with Crippen molar-refractivity contribution in [3.05, 3.63) is 8.85 Å². The van der Waals surface area contributed by atoms with Gasteiger partial charge >= 0.3 is 5.97 Å². The zero-order chi connectivity index (χ0) is 12.7. The molecule has 0 aromatic carbocycles. The van der Waals surface area contributed by atoms with E-state index >= 15 is 0 Å². The van der Waals surface area contributed by atoms with Crippen molar-refractivity contribution >= 4 is 52.2 Å². The van der Waals surface area contributed by atoms with Crippen LogP contribution in [0.4, 0.5) is 0 Å². The normalized spacial score (nSPS) is 9.88. The lowest BCUT2D eigenvalue weighted by molar-refractivity contribution is -0.137. The van der Waals surface area contributed by atoms with Crippen molar-refractivity contribution < 1.29 is 9.53 Å². The second-order valence-electron chi connectivity index (χ2n) is 2.65. The van der Waals surface area contributed by atoms with Crippen LogP contribution in [-0.4, -0.2) is 24.6 Å². The maximum Gasteiger partial charge on any atom is 0.316 e. The van der Waals surface area contributed by atoms with Gasteiger partial charge in [0.2, 0.25) is 0 Å². The van der Waals surface area contributed by atoms with Gasteiger partial charge in [-0.2, -0.15) is 5.26 Å². The van der Waals surface area contributed by atoms with Gasteiger partial charge in [-0.3, -0.25) is 9.59 Å². The zero-order valence-corrected chi connectivity index (χ0v) is 12.2. The number of carbonyl (C=O) groups excluding carboxylic acids is 1. The van der Waals surface area contributed by atoms with Crippen molar-refractivity contribution in [1.82, 2.24) is 0 Å². The number of carbonyl (C=O) groups is 1. The summed E-state index contributed by atoms with van der Waals surface area (Å²) >= 11 is 5.10. The molecule has 1 heterocycles. The summed E-state index contributed by atoms with van der Waals surface area (Å²) in [6, 6.07) is 2.05. The van der Waals surface area contributed by atoms with E-state index in [1.54, 1.807) is 0 Å². The molecule has 17 heavy (non-hydrogen) atoms.